The number of aromatic amines is 1. The third-order valence-corrected chi connectivity index (χ3v) is 3.53. The minimum Gasteiger partial charge on any atom is -0.378 e. The van der Waals surface area contributed by atoms with Crippen molar-refractivity contribution in [3.63, 3.8) is 0 Å². The van der Waals surface area contributed by atoms with Crippen molar-refractivity contribution >= 4 is 10.0 Å². The highest BCUT2D eigenvalue weighted by Gasteiger charge is 2.09. The fourth-order valence-electron chi connectivity index (χ4n) is 1.30. The predicted octanol–water partition coefficient (Wildman–Crippen LogP) is 0.0817. The minimum absolute atomic E-state index is 0.00646. The predicted molar refractivity (Wildman–Crippen MR) is 67.6 cm³/mol. The number of nitrogens with zero attached hydrogens (tertiary/aromatic N) is 2. The zero-order valence-electron chi connectivity index (χ0n) is 10.7. The van der Waals surface area contributed by atoms with Gasteiger partial charge < -0.3 is 4.74 Å². The Morgan fingerprint density at radius 1 is 1.50 bits per heavy atom. The highest BCUT2D eigenvalue weighted by atomic mass is 32.2. The number of H-pyrrole nitrogens is 1. The summed E-state index contributed by atoms with van der Waals surface area (Å²) in [5.74, 6) is 0.755. The van der Waals surface area contributed by atoms with Gasteiger partial charge >= 0.3 is 0 Å². The van der Waals surface area contributed by atoms with E-state index in [4.69, 9.17) is 4.74 Å². The number of rotatable bonds is 9. The first-order chi connectivity index (χ1) is 8.49. The van der Waals surface area contributed by atoms with E-state index in [1.54, 1.807) is 0 Å². The van der Waals surface area contributed by atoms with Crippen LogP contribution < -0.4 is 4.72 Å². The summed E-state index contributed by atoms with van der Waals surface area (Å²) in [6.45, 7) is 4.36. The number of aryl methyl sites for hydroxylation is 1. The van der Waals surface area contributed by atoms with Crippen molar-refractivity contribution in [1.29, 1.82) is 0 Å². The smallest absolute Gasteiger partial charge is 0.213 e. The molecule has 0 radical (unpaired) electrons. The highest BCUT2D eigenvalue weighted by molar-refractivity contribution is 7.89. The SMILES string of the molecule is CC(C)OCCS(=O)(=O)NCCCc1ncn[nH]1. The number of aromatic nitrogens is 3. The van der Waals surface area contributed by atoms with Crippen LogP contribution in [-0.2, 0) is 21.2 Å². The van der Waals surface area contributed by atoms with Crippen molar-refractivity contribution in [1.82, 2.24) is 19.9 Å². The third-order valence-electron chi connectivity index (χ3n) is 2.18. The zero-order valence-corrected chi connectivity index (χ0v) is 11.5. The molecule has 0 saturated carbocycles. The molecule has 18 heavy (non-hydrogen) atoms. The van der Waals surface area contributed by atoms with E-state index in [0.29, 0.717) is 19.4 Å². The van der Waals surface area contributed by atoms with Gasteiger partial charge in [0.2, 0.25) is 10.0 Å². The van der Waals surface area contributed by atoms with Crippen molar-refractivity contribution in [2.75, 3.05) is 18.9 Å². The lowest BCUT2D eigenvalue weighted by molar-refractivity contribution is 0.0911. The monoisotopic (exact) mass is 276 g/mol. The van der Waals surface area contributed by atoms with Crippen molar-refractivity contribution in [2.45, 2.75) is 32.8 Å². The third kappa shape index (κ3) is 6.67. The van der Waals surface area contributed by atoms with Crippen LogP contribution in [0.4, 0.5) is 0 Å². The normalized spacial score (nSPS) is 12.2. The van der Waals surface area contributed by atoms with Crippen molar-refractivity contribution in [2.24, 2.45) is 0 Å². The van der Waals surface area contributed by atoms with E-state index >= 15 is 0 Å². The van der Waals surface area contributed by atoms with Gasteiger partial charge in [0.05, 0.1) is 18.5 Å². The Bertz CT molecular complexity index is 416. The molecule has 0 aliphatic rings. The first-order valence-electron chi connectivity index (χ1n) is 5.93. The number of nitrogens with one attached hydrogen (secondary N) is 2. The number of hydrogen-bond donors (Lipinski definition) is 2. The summed E-state index contributed by atoms with van der Waals surface area (Å²) < 4.78 is 30.8. The summed E-state index contributed by atoms with van der Waals surface area (Å²) in [7, 11) is -3.24. The van der Waals surface area contributed by atoms with Gasteiger partial charge in [-0.1, -0.05) is 0 Å². The van der Waals surface area contributed by atoms with Crippen molar-refractivity contribution < 1.29 is 13.2 Å². The quantitative estimate of drug-likeness (QED) is 0.623. The molecule has 0 fully saturated rings. The molecule has 0 bridgehead atoms. The maximum atomic E-state index is 11.5. The van der Waals surface area contributed by atoms with Crippen LogP contribution in [0.15, 0.2) is 6.33 Å². The van der Waals surface area contributed by atoms with Gasteiger partial charge in [-0.25, -0.2) is 18.1 Å². The summed E-state index contributed by atoms with van der Waals surface area (Å²) in [6, 6.07) is 0. The fraction of sp³-hybridized carbons (Fsp3) is 0.800. The van der Waals surface area contributed by atoms with Crippen LogP contribution in [0.2, 0.25) is 0 Å². The molecule has 1 heterocycles. The lowest BCUT2D eigenvalue weighted by atomic mass is 10.3. The van der Waals surface area contributed by atoms with E-state index in [1.165, 1.54) is 6.33 Å². The molecule has 0 unspecified atom stereocenters. The lowest BCUT2D eigenvalue weighted by Crippen LogP contribution is -2.30. The second-order valence-electron chi connectivity index (χ2n) is 4.17. The first-order valence-corrected chi connectivity index (χ1v) is 7.58. The highest BCUT2D eigenvalue weighted by Crippen LogP contribution is 1.94. The van der Waals surface area contributed by atoms with Crippen molar-refractivity contribution in [3.8, 4) is 0 Å². The Morgan fingerprint density at radius 2 is 2.28 bits per heavy atom. The van der Waals surface area contributed by atoms with E-state index in [-0.39, 0.29) is 18.5 Å². The molecule has 8 heteroatoms. The molecule has 0 spiro atoms. The van der Waals surface area contributed by atoms with Gasteiger partial charge in [-0.3, -0.25) is 5.10 Å². The Kier molecular flexibility index (Phi) is 6.23. The molecular formula is C10H20N4O3S. The summed E-state index contributed by atoms with van der Waals surface area (Å²) >= 11 is 0. The van der Waals surface area contributed by atoms with Crippen LogP contribution in [0.25, 0.3) is 0 Å². The number of hydrogen-bond acceptors (Lipinski definition) is 5. The van der Waals surface area contributed by atoms with Gasteiger partial charge in [-0.2, -0.15) is 5.10 Å². The van der Waals surface area contributed by atoms with E-state index in [2.05, 4.69) is 19.9 Å². The van der Waals surface area contributed by atoms with E-state index in [1.807, 2.05) is 13.8 Å². The van der Waals surface area contributed by atoms with Crippen molar-refractivity contribution in [3.05, 3.63) is 12.2 Å². The van der Waals surface area contributed by atoms with Gasteiger partial charge in [-0.15, -0.1) is 0 Å². The van der Waals surface area contributed by atoms with Crippen LogP contribution in [0.1, 0.15) is 26.1 Å². The topological polar surface area (TPSA) is 97.0 Å². The number of sulfonamides is 1. The van der Waals surface area contributed by atoms with Gasteiger partial charge in [0.1, 0.15) is 12.2 Å². The van der Waals surface area contributed by atoms with Crippen LogP contribution >= 0.6 is 0 Å². The molecule has 1 aromatic rings. The molecule has 0 amide bonds. The van der Waals surface area contributed by atoms with Gasteiger partial charge in [0, 0.05) is 13.0 Å². The fourth-order valence-corrected chi connectivity index (χ4v) is 2.22. The van der Waals surface area contributed by atoms with E-state index in [0.717, 1.165) is 5.82 Å². The standard InChI is InChI=1S/C10H20N4O3S/c1-9(2)17-6-7-18(15,16)13-5-3-4-10-11-8-12-14-10/h8-9,13H,3-7H2,1-2H3,(H,11,12,14). The molecule has 0 aromatic carbocycles. The zero-order chi connectivity index (χ0) is 13.4. The maximum absolute atomic E-state index is 11.5. The maximum Gasteiger partial charge on any atom is 0.213 e. The average molecular weight is 276 g/mol. The van der Waals surface area contributed by atoms with Crippen LogP contribution in [0.5, 0.6) is 0 Å². The second-order valence-corrected chi connectivity index (χ2v) is 6.09. The Hall–Kier alpha value is -0.990. The first kappa shape index (κ1) is 15.1. The van der Waals surface area contributed by atoms with Crippen LogP contribution in [0, 0.1) is 0 Å². The summed E-state index contributed by atoms with van der Waals surface area (Å²) in [5, 5.41) is 6.44. The molecule has 7 nitrogen and oxygen atoms in total. The van der Waals surface area contributed by atoms with Gasteiger partial charge in [0.25, 0.3) is 0 Å². The average Bonchev–Trinajstić information content (AvgIpc) is 2.76. The molecule has 0 aliphatic carbocycles. The van der Waals surface area contributed by atoms with Crippen LogP contribution in [-0.4, -0.2) is 48.6 Å². The molecule has 2 N–H and O–H groups in total. The summed E-state index contributed by atoms with van der Waals surface area (Å²) in [4.78, 5) is 3.96. The van der Waals surface area contributed by atoms with E-state index in [9.17, 15) is 8.42 Å². The van der Waals surface area contributed by atoms with Gasteiger partial charge in [0.15, 0.2) is 0 Å². The van der Waals surface area contributed by atoms with Crippen LogP contribution in [0.3, 0.4) is 0 Å². The summed E-state index contributed by atoms with van der Waals surface area (Å²) in [5.41, 5.74) is 0. The molecule has 1 aromatic heterocycles. The second kappa shape index (κ2) is 7.45. The lowest BCUT2D eigenvalue weighted by Gasteiger charge is -2.08. The largest absolute Gasteiger partial charge is 0.378 e. The Balaban J connectivity index is 2.13. The van der Waals surface area contributed by atoms with E-state index < -0.39 is 10.0 Å². The number of ether oxygens (including phenoxy) is 1. The summed E-state index contributed by atoms with van der Waals surface area (Å²) in [6.07, 6.45) is 2.83. The molecule has 0 atom stereocenters. The Labute approximate surface area is 107 Å². The molecule has 0 aliphatic heterocycles. The molecule has 1 rings (SSSR count). The van der Waals surface area contributed by atoms with Gasteiger partial charge in [-0.05, 0) is 20.3 Å². The molecule has 104 valence electrons. The molecular weight excluding hydrogens is 256 g/mol. The molecule has 0 saturated heterocycles. The Morgan fingerprint density at radius 3 is 2.89 bits per heavy atom. The minimum atomic E-state index is -3.24.